The van der Waals surface area contributed by atoms with Crippen LogP contribution in [0.5, 0.6) is 0 Å². The Kier molecular flexibility index (Phi) is 7.79. The van der Waals surface area contributed by atoms with Crippen LogP contribution in [0.1, 0.15) is 28.3 Å². The Hall–Kier alpha value is -3.39. The summed E-state index contributed by atoms with van der Waals surface area (Å²) in [4.78, 5) is 39.2. The van der Waals surface area contributed by atoms with Gasteiger partial charge in [0, 0.05) is 18.7 Å². The summed E-state index contributed by atoms with van der Waals surface area (Å²) in [6.45, 7) is 0.499. The SMILES string of the molecule is O=C(CN(Cc1ccco1)C(=O)CCCNC(=O)c1cccs1)Nc1ccccc1. The van der Waals surface area contributed by atoms with Crippen molar-refractivity contribution in [2.45, 2.75) is 19.4 Å². The molecule has 2 N–H and O–H groups in total. The van der Waals surface area contributed by atoms with Crippen LogP contribution in [0.2, 0.25) is 0 Å². The Balaban J connectivity index is 1.51. The highest BCUT2D eigenvalue weighted by Gasteiger charge is 2.19. The van der Waals surface area contributed by atoms with Gasteiger partial charge >= 0.3 is 0 Å². The first-order valence-electron chi connectivity index (χ1n) is 9.58. The Labute approximate surface area is 178 Å². The molecular formula is C22H23N3O4S. The van der Waals surface area contributed by atoms with E-state index in [1.54, 1.807) is 30.3 Å². The van der Waals surface area contributed by atoms with Gasteiger partial charge in [-0.25, -0.2) is 0 Å². The molecule has 0 aliphatic carbocycles. The molecule has 0 saturated carbocycles. The first-order valence-corrected chi connectivity index (χ1v) is 10.5. The zero-order valence-corrected chi connectivity index (χ0v) is 17.2. The second-order valence-electron chi connectivity index (χ2n) is 6.58. The number of benzene rings is 1. The van der Waals surface area contributed by atoms with Crippen LogP contribution in [-0.2, 0) is 16.1 Å². The number of hydrogen-bond donors (Lipinski definition) is 2. The van der Waals surface area contributed by atoms with Gasteiger partial charge in [0.15, 0.2) is 0 Å². The quantitative estimate of drug-likeness (QED) is 0.486. The van der Waals surface area contributed by atoms with Gasteiger partial charge < -0.3 is 20.0 Å². The van der Waals surface area contributed by atoms with Crippen molar-refractivity contribution >= 4 is 34.7 Å². The minimum Gasteiger partial charge on any atom is -0.467 e. The number of carbonyl (C=O) groups is 3. The number of furan rings is 1. The number of rotatable bonds is 10. The summed E-state index contributed by atoms with van der Waals surface area (Å²) in [7, 11) is 0. The number of thiophene rings is 1. The lowest BCUT2D eigenvalue weighted by molar-refractivity contribution is -0.135. The van der Waals surface area contributed by atoms with Crippen molar-refractivity contribution in [3.63, 3.8) is 0 Å². The van der Waals surface area contributed by atoms with E-state index in [-0.39, 0.29) is 37.2 Å². The highest BCUT2D eigenvalue weighted by Crippen LogP contribution is 2.11. The van der Waals surface area contributed by atoms with Gasteiger partial charge in [-0.05, 0) is 42.1 Å². The Morgan fingerprint density at radius 3 is 2.53 bits per heavy atom. The third-order valence-corrected chi connectivity index (χ3v) is 5.14. The van der Waals surface area contributed by atoms with Crippen molar-refractivity contribution in [2.24, 2.45) is 0 Å². The van der Waals surface area contributed by atoms with Crippen LogP contribution in [-0.4, -0.2) is 35.7 Å². The average Bonchev–Trinajstić information content (AvgIpc) is 3.45. The molecule has 1 aromatic carbocycles. The van der Waals surface area contributed by atoms with Crippen LogP contribution in [0.3, 0.4) is 0 Å². The van der Waals surface area contributed by atoms with Crippen molar-refractivity contribution in [1.29, 1.82) is 0 Å². The van der Waals surface area contributed by atoms with E-state index >= 15 is 0 Å². The molecule has 0 saturated heterocycles. The molecule has 3 rings (SSSR count). The minimum absolute atomic E-state index is 0.0873. The molecule has 2 heterocycles. The fourth-order valence-corrected chi connectivity index (χ4v) is 3.45. The van der Waals surface area contributed by atoms with Gasteiger partial charge in [-0.1, -0.05) is 24.3 Å². The van der Waals surface area contributed by atoms with Crippen molar-refractivity contribution in [3.8, 4) is 0 Å². The predicted molar refractivity (Wildman–Crippen MR) is 115 cm³/mol. The molecular weight excluding hydrogens is 402 g/mol. The second kappa shape index (κ2) is 11.0. The number of anilines is 1. The summed E-state index contributed by atoms with van der Waals surface area (Å²) in [5, 5.41) is 7.43. The van der Waals surface area contributed by atoms with E-state index in [1.807, 2.05) is 29.6 Å². The maximum Gasteiger partial charge on any atom is 0.261 e. The molecule has 7 nitrogen and oxygen atoms in total. The number of para-hydroxylation sites is 1. The number of amides is 3. The van der Waals surface area contributed by atoms with Gasteiger partial charge in [0.25, 0.3) is 5.91 Å². The van der Waals surface area contributed by atoms with Crippen molar-refractivity contribution in [1.82, 2.24) is 10.2 Å². The average molecular weight is 426 g/mol. The third kappa shape index (κ3) is 6.59. The van der Waals surface area contributed by atoms with E-state index in [0.717, 1.165) is 0 Å². The maximum atomic E-state index is 12.7. The van der Waals surface area contributed by atoms with E-state index in [2.05, 4.69) is 10.6 Å². The molecule has 0 bridgehead atoms. The summed E-state index contributed by atoms with van der Waals surface area (Å²) >= 11 is 1.37. The summed E-state index contributed by atoms with van der Waals surface area (Å²) in [5.41, 5.74) is 0.671. The van der Waals surface area contributed by atoms with Gasteiger partial charge in [0.1, 0.15) is 12.3 Å². The maximum absolute atomic E-state index is 12.7. The summed E-state index contributed by atoms with van der Waals surface area (Å²) in [6.07, 6.45) is 2.22. The molecule has 0 fully saturated rings. The van der Waals surface area contributed by atoms with Crippen molar-refractivity contribution < 1.29 is 18.8 Å². The molecule has 30 heavy (non-hydrogen) atoms. The number of nitrogens with zero attached hydrogens (tertiary/aromatic N) is 1. The van der Waals surface area contributed by atoms with Crippen LogP contribution in [0, 0.1) is 0 Å². The highest BCUT2D eigenvalue weighted by atomic mass is 32.1. The van der Waals surface area contributed by atoms with E-state index in [1.165, 1.54) is 22.5 Å². The lowest BCUT2D eigenvalue weighted by Crippen LogP contribution is -2.37. The zero-order chi connectivity index (χ0) is 21.2. The normalized spacial score (nSPS) is 10.4. The second-order valence-corrected chi connectivity index (χ2v) is 7.53. The van der Waals surface area contributed by atoms with Crippen LogP contribution in [0.25, 0.3) is 0 Å². The minimum atomic E-state index is -0.285. The number of carbonyl (C=O) groups excluding carboxylic acids is 3. The van der Waals surface area contributed by atoms with Gasteiger partial charge in [0.05, 0.1) is 17.7 Å². The van der Waals surface area contributed by atoms with Crippen molar-refractivity contribution in [2.75, 3.05) is 18.4 Å². The zero-order valence-electron chi connectivity index (χ0n) is 16.4. The molecule has 0 aliphatic heterocycles. The Bertz CT molecular complexity index is 940. The van der Waals surface area contributed by atoms with Crippen LogP contribution in [0.15, 0.2) is 70.7 Å². The number of hydrogen-bond acceptors (Lipinski definition) is 5. The topological polar surface area (TPSA) is 91.7 Å². The molecule has 0 unspecified atom stereocenters. The first-order chi connectivity index (χ1) is 14.6. The number of nitrogens with one attached hydrogen (secondary N) is 2. The molecule has 8 heteroatoms. The van der Waals surface area contributed by atoms with E-state index in [0.29, 0.717) is 29.3 Å². The highest BCUT2D eigenvalue weighted by molar-refractivity contribution is 7.12. The molecule has 0 aliphatic rings. The lowest BCUT2D eigenvalue weighted by Gasteiger charge is -2.21. The van der Waals surface area contributed by atoms with E-state index in [9.17, 15) is 14.4 Å². The van der Waals surface area contributed by atoms with Crippen molar-refractivity contribution in [3.05, 3.63) is 76.9 Å². The van der Waals surface area contributed by atoms with E-state index in [4.69, 9.17) is 4.42 Å². The molecule has 2 aromatic heterocycles. The molecule has 156 valence electrons. The predicted octanol–water partition coefficient (Wildman–Crippen LogP) is 3.52. The smallest absolute Gasteiger partial charge is 0.261 e. The molecule has 0 spiro atoms. The van der Waals surface area contributed by atoms with Crippen LogP contribution in [0.4, 0.5) is 5.69 Å². The Morgan fingerprint density at radius 2 is 1.83 bits per heavy atom. The first kappa shape index (κ1) is 21.3. The van der Waals surface area contributed by atoms with Gasteiger partial charge in [0.2, 0.25) is 11.8 Å². The van der Waals surface area contributed by atoms with E-state index < -0.39 is 0 Å². The van der Waals surface area contributed by atoms with Gasteiger partial charge in [-0.15, -0.1) is 11.3 Å². The molecule has 0 atom stereocenters. The van der Waals surface area contributed by atoms with Gasteiger partial charge in [-0.2, -0.15) is 0 Å². The summed E-state index contributed by atoms with van der Waals surface area (Å²) < 4.78 is 5.33. The summed E-state index contributed by atoms with van der Waals surface area (Å²) in [6, 6.07) is 16.1. The fourth-order valence-electron chi connectivity index (χ4n) is 2.81. The van der Waals surface area contributed by atoms with Crippen LogP contribution < -0.4 is 10.6 Å². The molecule has 3 amide bonds. The monoisotopic (exact) mass is 425 g/mol. The van der Waals surface area contributed by atoms with Gasteiger partial charge in [-0.3, -0.25) is 14.4 Å². The largest absolute Gasteiger partial charge is 0.467 e. The lowest BCUT2D eigenvalue weighted by atomic mass is 10.2. The standard InChI is InChI=1S/C22H23N3O4S/c26-20(24-17-7-2-1-3-8-17)16-25(15-18-9-5-13-29-18)21(27)11-4-12-23-22(28)19-10-6-14-30-19/h1-3,5-10,13-14H,4,11-12,15-16H2,(H,23,28)(H,24,26). The molecule has 3 aromatic rings. The fraction of sp³-hybridized carbons (Fsp3) is 0.227. The third-order valence-electron chi connectivity index (χ3n) is 4.27. The summed E-state index contributed by atoms with van der Waals surface area (Å²) in [5.74, 6) is -0.0129. The van der Waals surface area contributed by atoms with Crippen LogP contribution >= 0.6 is 11.3 Å². The Morgan fingerprint density at radius 1 is 1.00 bits per heavy atom. The molecule has 0 radical (unpaired) electrons.